The van der Waals surface area contributed by atoms with Crippen molar-refractivity contribution in [2.75, 3.05) is 20.3 Å². The Morgan fingerprint density at radius 2 is 2.00 bits per heavy atom. The molecule has 1 heterocycles. The van der Waals surface area contributed by atoms with Crippen LogP contribution in [0, 0.1) is 5.92 Å². The van der Waals surface area contributed by atoms with Gasteiger partial charge in [-0.25, -0.2) is 0 Å². The van der Waals surface area contributed by atoms with Crippen molar-refractivity contribution in [2.45, 2.75) is 51.2 Å². The summed E-state index contributed by atoms with van der Waals surface area (Å²) in [6, 6.07) is 0.253. The molecule has 1 saturated heterocycles. The molecule has 0 amide bonds. The summed E-state index contributed by atoms with van der Waals surface area (Å²) >= 11 is 0. The highest BCUT2D eigenvalue weighted by atomic mass is 16.5. The fourth-order valence-corrected chi connectivity index (χ4v) is 2.21. The summed E-state index contributed by atoms with van der Waals surface area (Å²) in [4.78, 5) is 0. The van der Waals surface area contributed by atoms with Gasteiger partial charge in [0.2, 0.25) is 0 Å². The first kappa shape index (κ1) is 12.9. The van der Waals surface area contributed by atoms with Gasteiger partial charge in [0.25, 0.3) is 0 Å². The van der Waals surface area contributed by atoms with E-state index in [2.05, 4.69) is 13.8 Å². The highest BCUT2D eigenvalue weighted by molar-refractivity contribution is 4.78. The fraction of sp³-hybridized carbons (Fsp3) is 1.00. The fourth-order valence-electron chi connectivity index (χ4n) is 2.21. The molecular weight excluding hydrogens is 190 g/mol. The highest BCUT2D eigenvalue weighted by Crippen LogP contribution is 2.23. The summed E-state index contributed by atoms with van der Waals surface area (Å²) in [5.74, 6) is 0.751. The molecular formula is C12H25NO2. The van der Waals surface area contributed by atoms with Crippen molar-refractivity contribution in [2.24, 2.45) is 11.7 Å². The molecule has 0 aromatic rings. The van der Waals surface area contributed by atoms with E-state index in [0.29, 0.717) is 0 Å². The molecule has 3 nitrogen and oxygen atoms in total. The van der Waals surface area contributed by atoms with Gasteiger partial charge in [-0.1, -0.05) is 0 Å². The van der Waals surface area contributed by atoms with Crippen LogP contribution in [0.5, 0.6) is 0 Å². The van der Waals surface area contributed by atoms with Gasteiger partial charge in [0.05, 0.1) is 5.60 Å². The molecule has 3 heteroatoms. The minimum atomic E-state index is -0.0927. The molecule has 1 rings (SSSR count). The van der Waals surface area contributed by atoms with Crippen LogP contribution in [0.25, 0.3) is 0 Å². The molecule has 0 aromatic carbocycles. The second-order valence-corrected chi connectivity index (χ2v) is 5.22. The summed E-state index contributed by atoms with van der Waals surface area (Å²) in [6.07, 6.45) is 4.37. The second kappa shape index (κ2) is 5.83. The van der Waals surface area contributed by atoms with E-state index in [1.54, 1.807) is 7.11 Å². The molecule has 1 aliphatic rings. The third-order valence-electron chi connectivity index (χ3n) is 3.28. The van der Waals surface area contributed by atoms with Crippen LogP contribution in [-0.4, -0.2) is 32.0 Å². The molecule has 1 fully saturated rings. The molecule has 1 unspecified atom stereocenters. The summed E-state index contributed by atoms with van der Waals surface area (Å²) in [5.41, 5.74) is 6.05. The Hall–Kier alpha value is -0.120. The zero-order valence-electron chi connectivity index (χ0n) is 10.3. The van der Waals surface area contributed by atoms with Gasteiger partial charge in [0, 0.05) is 26.4 Å². The number of hydrogen-bond acceptors (Lipinski definition) is 3. The maximum atomic E-state index is 6.15. The van der Waals surface area contributed by atoms with Crippen LogP contribution in [0.2, 0.25) is 0 Å². The molecule has 0 saturated carbocycles. The predicted octanol–water partition coefficient (Wildman–Crippen LogP) is 1.95. The van der Waals surface area contributed by atoms with Crippen LogP contribution in [0.15, 0.2) is 0 Å². The van der Waals surface area contributed by atoms with E-state index in [0.717, 1.165) is 32.0 Å². The molecule has 1 aliphatic heterocycles. The summed E-state index contributed by atoms with van der Waals surface area (Å²) in [6.45, 7) is 6.00. The van der Waals surface area contributed by atoms with Gasteiger partial charge in [-0.15, -0.1) is 0 Å². The number of rotatable bonds is 5. The molecule has 15 heavy (non-hydrogen) atoms. The zero-order valence-corrected chi connectivity index (χ0v) is 10.3. The maximum absolute atomic E-state index is 6.15. The first-order chi connectivity index (χ1) is 7.03. The SMILES string of the molecule is COC(C)(C)CC(N)CC1CCOCC1. The Labute approximate surface area is 93.3 Å². The van der Waals surface area contributed by atoms with E-state index >= 15 is 0 Å². The van der Waals surface area contributed by atoms with E-state index in [-0.39, 0.29) is 11.6 Å². The smallest absolute Gasteiger partial charge is 0.0637 e. The molecule has 2 N–H and O–H groups in total. The average molecular weight is 215 g/mol. The first-order valence-corrected chi connectivity index (χ1v) is 5.92. The van der Waals surface area contributed by atoms with Crippen LogP contribution in [-0.2, 0) is 9.47 Å². The van der Waals surface area contributed by atoms with Gasteiger partial charge in [0.1, 0.15) is 0 Å². The minimum absolute atomic E-state index is 0.0927. The third-order valence-corrected chi connectivity index (χ3v) is 3.28. The quantitative estimate of drug-likeness (QED) is 0.762. The molecule has 0 bridgehead atoms. The average Bonchev–Trinajstić information content (AvgIpc) is 2.18. The third kappa shape index (κ3) is 4.96. The lowest BCUT2D eigenvalue weighted by atomic mass is 9.88. The van der Waals surface area contributed by atoms with Gasteiger partial charge >= 0.3 is 0 Å². The summed E-state index contributed by atoms with van der Waals surface area (Å²) in [5, 5.41) is 0. The standard InChI is InChI=1S/C12H25NO2/c1-12(2,14-3)9-11(13)8-10-4-6-15-7-5-10/h10-11H,4-9,13H2,1-3H3. The van der Waals surface area contributed by atoms with Crippen molar-refractivity contribution in [1.82, 2.24) is 0 Å². The zero-order chi connectivity index (χ0) is 11.3. The van der Waals surface area contributed by atoms with E-state index in [9.17, 15) is 0 Å². The Kier molecular flexibility index (Phi) is 5.03. The van der Waals surface area contributed by atoms with Crippen molar-refractivity contribution in [3.05, 3.63) is 0 Å². The van der Waals surface area contributed by atoms with E-state index in [1.807, 2.05) is 0 Å². The van der Waals surface area contributed by atoms with Crippen LogP contribution < -0.4 is 5.73 Å². The lowest BCUT2D eigenvalue weighted by Crippen LogP contribution is -2.35. The van der Waals surface area contributed by atoms with E-state index in [4.69, 9.17) is 15.2 Å². The Balaban J connectivity index is 2.25. The molecule has 0 spiro atoms. The van der Waals surface area contributed by atoms with Crippen LogP contribution >= 0.6 is 0 Å². The highest BCUT2D eigenvalue weighted by Gasteiger charge is 2.23. The normalized spacial score (nSPS) is 21.6. The molecule has 1 atom stereocenters. The monoisotopic (exact) mass is 215 g/mol. The van der Waals surface area contributed by atoms with Crippen molar-refractivity contribution in [3.8, 4) is 0 Å². The lowest BCUT2D eigenvalue weighted by molar-refractivity contribution is 0.00531. The summed E-state index contributed by atoms with van der Waals surface area (Å²) in [7, 11) is 1.75. The van der Waals surface area contributed by atoms with Gasteiger partial charge < -0.3 is 15.2 Å². The van der Waals surface area contributed by atoms with E-state index < -0.39 is 0 Å². The van der Waals surface area contributed by atoms with Crippen LogP contribution in [0.1, 0.15) is 39.5 Å². The first-order valence-electron chi connectivity index (χ1n) is 5.92. The largest absolute Gasteiger partial charge is 0.381 e. The van der Waals surface area contributed by atoms with Gasteiger partial charge in [-0.2, -0.15) is 0 Å². The van der Waals surface area contributed by atoms with Crippen molar-refractivity contribution < 1.29 is 9.47 Å². The Morgan fingerprint density at radius 1 is 1.40 bits per heavy atom. The van der Waals surface area contributed by atoms with Gasteiger partial charge in [-0.3, -0.25) is 0 Å². The second-order valence-electron chi connectivity index (χ2n) is 5.22. The molecule has 90 valence electrons. The van der Waals surface area contributed by atoms with Gasteiger partial charge in [0.15, 0.2) is 0 Å². The molecule has 0 radical (unpaired) electrons. The topological polar surface area (TPSA) is 44.5 Å². The maximum Gasteiger partial charge on any atom is 0.0637 e. The minimum Gasteiger partial charge on any atom is -0.381 e. The number of methoxy groups -OCH3 is 1. The van der Waals surface area contributed by atoms with Crippen LogP contribution in [0.4, 0.5) is 0 Å². The van der Waals surface area contributed by atoms with Crippen LogP contribution in [0.3, 0.4) is 0 Å². The molecule has 0 aliphatic carbocycles. The number of hydrogen-bond donors (Lipinski definition) is 1. The Morgan fingerprint density at radius 3 is 2.53 bits per heavy atom. The van der Waals surface area contributed by atoms with Crippen molar-refractivity contribution in [3.63, 3.8) is 0 Å². The number of ether oxygens (including phenoxy) is 2. The van der Waals surface area contributed by atoms with Gasteiger partial charge in [-0.05, 0) is 45.4 Å². The molecule has 0 aromatic heterocycles. The Bertz CT molecular complexity index is 176. The lowest BCUT2D eigenvalue weighted by Gasteiger charge is -2.30. The predicted molar refractivity (Wildman–Crippen MR) is 61.8 cm³/mol. The van der Waals surface area contributed by atoms with E-state index in [1.165, 1.54) is 12.8 Å². The van der Waals surface area contributed by atoms with Crippen molar-refractivity contribution in [1.29, 1.82) is 0 Å². The number of nitrogens with two attached hydrogens (primary N) is 1. The summed E-state index contributed by atoms with van der Waals surface area (Å²) < 4.78 is 10.7. The van der Waals surface area contributed by atoms with Crippen molar-refractivity contribution >= 4 is 0 Å².